The molecule has 17 heavy (non-hydrogen) atoms. The van der Waals surface area contributed by atoms with E-state index in [0.29, 0.717) is 12.5 Å². The molecule has 1 atom stereocenters. The molecule has 1 unspecified atom stereocenters. The Morgan fingerprint density at radius 1 is 1.29 bits per heavy atom. The molecule has 0 aliphatic rings. The Balaban J connectivity index is 2.16. The van der Waals surface area contributed by atoms with Crippen molar-refractivity contribution in [1.29, 1.82) is 0 Å². The molecule has 2 N–H and O–H groups in total. The number of hydrogen-bond acceptors (Lipinski definition) is 2. The summed E-state index contributed by atoms with van der Waals surface area (Å²) in [5, 5.41) is 0. The summed E-state index contributed by atoms with van der Waals surface area (Å²) in [4.78, 5) is 1.30. The molecule has 1 nitrogen and oxygen atoms in total. The van der Waals surface area contributed by atoms with Crippen molar-refractivity contribution >= 4 is 22.9 Å². The van der Waals surface area contributed by atoms with Crippen LogP contribution in [0.25, 0.3) is 0 Å². The van der Waals surface area contributed by atoms with Gasteiger partial charge < -0.3 is 5.73 Å². The summed E-state index contributed by atoms with van der Waals surface area (Å²) in [6.07, 6.45) is 0.970. The van der Waals surface area contributed by atoms with E-state index in [9.17, 15) is 0 Å². The van der Waals surface area contributed by atoms with Crippen LogP contribution in [0.4, 0.5) is 0 Å². The molecule has 3 heteroatoms. The predicted molar refractivity (Wildman–Crippen MR) is 76.0 cm³/mol. The van der Waals surface area contributed by atoms with Crippen LogP contribution < -0.4 is 5.73 Å². The van der Waals surface area contributed by atoms with E-state index < -0.39 is 0 Å². The van der Waals surface area contributed by atoms with Crippen molar-refractivity contribution in [1.82, 2.24) is 0 Å². The molecule has 2 aromatic rings. The average molecular weight is 266 g/mol. The van der Waals surface area contributed by atoms with Gasteiger partial charge in [-0.2, -0.15) is 0 Å². The molecule has 0 saturated heterocycles. The topological polar surface area (TPSA) is 26.0 Å². The summed E-state index contributed by atoms with van der Waals surface area (Å²) < 4.78 is 0.847. The predicted octanol–water partition coefficient (Wildman–Crippen LogP) is 3.99. The van der Waals surface area contributed by atoms with Crippen molar-refractivity contribution in [2.75, 3.05) is 6.54 Å². The lowest BCUT2D eigenvalue weighted by atomic mass is 9.94. The van der Waals surface area contributed by atoms with Crippen molar-refractivity contribution < 1.29 is 0 Å². The van der Waals surface area contributed by atoms with Gasteiger partial charge in [-0.15, -0.1) is 11.3 Å². The van der Waals surface area contributed by atoms with Gasteiger partial charge in [0.15, 0.2) is 0 Å². The molecule has 0 radical (unpaired) electrons. The Morgan fingerprint density at radius 3 is 2.71 bits per heavy atom. The Morgan fingerprint density at radius 2 is 2.12 bits per heavy atom. The zero-order valence-electron chi connectivity index (χ0n) is 9.82. The van der Waals surface area contributed by atoms with Gasteiger partial charge in [0.05, 0.1) is 4.34 Å². The lowest BCUT2D eigenvalue weighted by Crippen LogP contribution is -2.14. The van der Waals surface area contributed by atoms with Crippen LogP contribution in [0.15, 0.2) is 36.4 Å². The number of rotatable bonds is 4. The zero-order valence-corrected chi connectivity index (χ0v) is 11.4. The minimum Gasteiger partial charge on any atom is -0.330 e. The highest BCUT2D eigenvalue weighted by Gasteiger charge is 2.12. The molecule has 90 valence electrons. The molecule has 2 rings (SSSR count). The first-order valence-electron chi connectivity index (χ1n) is 5.70. The van der Waals surface area contributed by atoms with Crippen LogP contribution >= 0.6 is 22.9 Å². The fourth-order valence-corrected chi connectivity index (χ4v) is 3.13. The first-order chi connectivity index (χ1) is 8.19. The molecule has 0 bridgehead atoms. The van der Waals surface area contributed by atoms with E-state index in [1.165, 1.54) is 16.0 Å². The maximum Gasteiger partial charge on any atom is 0.0931 e. The van der Waals surface area contributed by atoms with Crippen LogP contribution in [-0.2, 0) is 6.42 Å². The number of thiophene rings is 1. The molecule has 1 aromatic heterocycles. The zero-order chi connectivity index (χ0) is 12.3. The molecule has 0 spiro atoms. The Labute approximate surface area is 111 Å². The molecule has 0 amide bonds. The summed E-state index contributed by atoms with van der Waals surface area (Å²) in [7, 11) is 0. The summed E-state index contributed by atoms with van der Waals surface area (Å²) >= 11 is 7.59. The van der Waals surface area contributed by atoms with Crippen molar-refractivity contribution in [3.8, 4) is 0 Å². The summed E-state index contributed by atoms with van der Waals surface area (Å²) in [6, 6.07) is 12.6. The maximum atomic E-state index is 5.95. The van der Waals surface area contributed by atoms with E-state index in [4.69, 9.17) is 17.3 Å². The largest absolute Gasteiger partial charge is 0.330 e. The van der Waals surface area contributed by atoms with Crippen LogP contribution in [0.5, 0.6) is 0 Å². The Hall–Kier alpha value is -0.830. The van der Waals surface area contributed by atoms with Crippen molar-refractivity contribution in [2.45, 2.75) is 19.3 Å². The van der Waals surface area contributed by atoms with E-state index in [2.05, 4.69) is 37.3 Å². The number of aryl methyl sites for hydroxylation is 1. The van der Waals surface area contributed by atoms with Gasteiger partial charge in [-0.25, -0.2) is 0 Å². The van der Waals surface area contributed by atoms with Crippen LogP contribution in [-0.4, -0.2) is 6.54 Å². The molecule has 0 aliphatic heterocycles. The Kier molecular flexibility index (Phi) is 4.21. The fourth-order valence-electron chi connectivity index (χ4n) is 1.97. The number of hydrogen-bond donors (Lipinski definition) is 1. The second kappa shape index (κ2) is 5.67. The van der Waals surface area contributed by atoms with E-state index in [1.807, 2.05) is 6.07 Å². The third kappa shape index (κ3) is 3.32. The van der Waals surface area contributed by atoms with Gasteiger partial charge in [0.25, 0.3) is 0 Å². The highest BCUT2D eigenvalue weighted by Crippen LogP contribution is 2.27. The quantitative estimate of drug-likeness (QED) is 0.889. The summed E-state index contributed by atoms with van der Waals surface area (Å²) in [5.41, 5.74) is 8.48. The minimum atomic E-state index is 0.379. The first kappa shape index (κ1) is 12.6. The van der Waals surface area contributed by atoms with Gasteiger partial charge in [0.2, 0.25) is 0 Å². The second-order valence-electron chi connectivity index (χ2n) is 4.26. The fraction of sp³-hybridized carbons (Fsp3) is 0.286. The van der Waals surface area contributed by atoms with E-state index in [0.717, 1.165) is 10.8 Å². The van der Waals surface area contributed by atoms with Crippen molar-refractivity contribution in [3.05, 3.63) is 56.7 Å². The molecule has 1 aromatic carbocycles. The first-order valence-corrected chi connectivity index (χ1v) is 6.89. The van der Waals surface area contributed by atoms with Gasteiger partial charge in [0, 0.05) is 10.8 Å². The van der Waals surface area contributed by atoms with Gasteiger partial charge in [-0.3, -0.25) is 0 Å². The highest BCUT2D eigenvalue weighted by atomic mass is 35.5. The van der Waals surface area contributed by atoms with Crippen LogP contribution in [0, 0.1) is 6.92 Å². The van der Waals surface area contributed by atoms with Gasteiger partial charge in [-0.1, -0.05) is 41.4 Å². The van der Waals surface area contributed by atoms with Crippen molar-refractivity contribution in [3.63, 3.8) is 0 Å². The molecular weight excluding hydrogens is 250 g/mol. The summed E-state index contributed by atoms with van der Waals surface area (Å²) in [6.45, 7) is 2.78. The van der Waals surface area contributed by atoms with Crippen LogP contribution in [0.2, 0.25) is 4.34 Å². The van der Waals surface area contributed by atoms with Crippen LogP contribution in [0.1, 0.15) is 21.9 Å². The number of halogens is 1. The third-order valence-electron chi connectivity index (χ3n) is 2.87. The second-order valence-corrected chi connectivity index (χ2v) is 6.06. The number of nitrogens with two attached hydrogens (primary N) is 1. The van der Waals surface area contributed by atoms with E-state index in [1.54, 1.807) is 11.3 Å². The molecular formula is C14H16ClNS. The lowest BCUT2D eigenvalue weighted by molar-refractivity contribution is 0.700. The van der Waals surface area contributed by atoms with Gasteiger partial charge >= 0.3 is 0 Å². The Bertz CT molecular complexity index is 492. The SMILES string of the molecule is Cc1cccc(C(CN)Cc2ccc(Cl)s2)c1. The lowest BCUT2D eigenvalue weighted by Gasteiger charge is -2.14. The van der Waals surface area contributed by atoms with Gasteiger partial charge in [-0.05, 0) is 37.6 Å². The highest BCUT2D eigenvalue weighted by molar-refractivity contribution is 7.16. The van der Waals surface area contributed by atoms with E-state index in [-0.39, 0.29) is 0 Å². The van der Waals surface area contributed by atoms with Crippen molar-refractivity contribution in [2.24, 2.45) is 5.73 Å². The van der Waals surface area contributed by atoms with Gasteiger partial charge in [0.1, 0.15) is 0 Å². The normalized spacial score (nSPS) is 12.6. The molecule has 0 aliphatic carbocycles. The van der Waals surface area contributed by atoms with Crippen LogP contribution in [0.3, 0.4) is 0 Å². The van der Waals surface area contributed by atoms with E-state index >= 15 is 0 Å². The molecule has 0 fully saturated rings. The maximum absolute atomic E-state index is 5.95. The smallest absolute Gasteiger partial charge is 0.0931 e. The molecule has 1 heterocycles. The standard InChI is InChI=1S/C14H16ClNS/c1-10-3-2-4-11(7-10)12(9-16)8-13-5-6-14(15)17-13/h2-7,12H,8-9,16H2,1H3. The number of benzene rings is 1. The average Bonchev–Trinajstić information content (AvgIpc) is 2.72. The monoisotopic (exact) mass is 265 g/mol. The minimum absolute atomic E-state index is 0.379. The summed E-state index contributed by atoms with van der Waals surface area (Å²) in [5.74, 6) is 0.379. The molecule has 0 saturated carbocycles. The third-order valence-corrected chi connectivity index (χ3v) is 4.13.